The zero-order chi connectivity index (χ0) is 9.68. The number of nitrogens with zero attached hydrogens (tertiary/aromatic N) is 1. The van der Waals surface area contributed by atoms with E-state index in [0.29, 0.717) is 6.04 Å². The third-order valence-corrected chi connectivity index (χ3v) is 2.66. The maximum atomic E-state index is 3.68. The second-order valence-electron chi connectivity index (χ2n) is 3.52. The molecule has 72 valence electrons. The normalized spacial score (nSPS) is 25.7. The van der Waals surface area contributed by atoms with Crippen molar-refractivity contribution in [1.82, 2.24) is 4.90 Å². The van der Waals surface area contributed by atoms with E-state index in [-0.39, 0.29) is 0 Å². The molecule has 0 amide bonds. The van der Waals surface area contributed by atoms with E-state index < -0.39 is 0 Å². The van der Waals surface area contributed by atoms with Gasteiger partial charge < -0.3 is 0 Å². The molecule has 1 rings (SSSR count). The molecule has 0 aromatic heterocycles. The molecule has 0 aromatic carbocycles. The minimum absolute atomic E-state index is 0.626. The molecule has 0 N–H and O–H groups in total. The molecular weight excluding hydrogens is 158 g/mol. The summed E-state index contributed by atoms with van der Waals surface area (Å²) in [5.41, 5.74) is 1.42. The predicted octanol–water partition coefficient (Wildman–Crippen LogP) is 2.77. The van der Waals surface area contributed by atoms with Crippen molar-refractivity contribution in [3.8, 4) is 0 Å². The van der Waals surface area contributed by atoms with Crippen molar-refractivity contribution in [3.63, 3.8) is 0 Å². The van der Waals surface area contributed by atoms with Gasteiger partial charge in [0.25, 0.3) is 0 Å². The van der Waals surface area contributed by atoms with Gasteiger partial charge in [0.05, 0.1) is 0 Å². The van der Waals surface area contributed by atoms with Gasteiger partial charge in [-0.2, -0.15) is 0 Å². The molecule has 0 bridgehead atoms. The highest BCUT2D eigenvalue weighted by atomic mass is 15.1. The van der Waals surface area contributed by atoms with E-state index in [2.05, 4.69) is 37.6 Å². The molecule has 0 aromatic rings. The number of likely N-dealkylation sites (N-methyl/N-ethyl adjacent to an activating group) is 1. The second kappa shape index (κ2) is 5.03. The van der Waals surface area contributed by atoms with Crippen LogP contribution in [0.2, 0.25) is 0 Å². The third kappa shape index (κ3) is 2.56. The molecule has 1 heteroatoms. The van der Waals surface area contributed by atoms with Gasteiger partial charge in [0.1, 0.15) is 0 Å². The summed E-state index contributed by atoms with van der Waals surface area (Å²) in [4.78, 5) is 2.42. The van der Waals surface area contributed by atoms with E-state index in [1.165, 1.54) is 25.0 Å². The quantitative estimate of drug-likeness (QED) is 0.599. The highest BCUT2D eigenvalue weighted by Crippen LogP contribution is 2.22. The summed E-state index contributed by atoms with van der Waals surface area (Å²) in [6.45, 7) is 7.02. The van der Waals surface area contributed by atoms with Gasteiger partial charge in [-0.15, -0.1) is 0 Å². The van der Waals surface area contributed by atoms with Crippen LogP contribution < -0.4 is 0 Å². The Bertz CT molecular complexity index is 225. The molecule has 1 aliphatic heterocycles. The smallest absolute Gasteiger partial charge is 0.0342 e. The van der Waals surface area contributed by atoms with E-state index >= 15 is 0 Å². The molecule has 1 fully saturated rings. The maximum Gasteiger partial charge on any atom is 0.0342 e. The van der Waals surface area contributed by atoms with Crippen molar-refractivity contribution in [2.24, 2.45) is 0 Å². The zero-order valence-corrected chi connectivity index (χ0v) is 8.66. The van der Waals surface area contributed by atoms with E-state index in [0.717, 1.165) is 0 Å². The molecule has 1 atom stereocenters. The monoisotopic (exact) mass is 177 g/mol. The van der Waals surface area contributed by atoms with Gasteiger partial charge in [-0.1, -0.05) is 30.9 Å². The Morgan fingerprint density at radius 2 is 2.31 bits per heavy atom. The van der Waals surface area contributed by atoms with E-state index in [1.807, 2.05) is 12.2 Å². The number of rotatable bonds is 3. The van der Waals surface area contributed by atoms with Crippen LogP contribution in [0.3, 0.4) is 0 Å². The molecule has 1 nitrogen and oxygen atoms in total. The SMILES string of the molecule is C=C/C=C\C(=C/C)[C@@H]1CCCN1C. The van der Waals surface area contributed by atoms with Gasteiger partial charge in [0, 0.05) is 6.04 Å². The lowest BCUT2D eigenvalue weighted by molar-refractivity contribution is 0.348. The summed E-state index contributed by atoms with van der Waals surface area (Å²) in [5, 5.41) is 0. The van der Waals surface area contributed by atoms with Crippen LogP contribution >= 0.6 is 0 Å². The van der Waals surface area contributed by atoms with Gasteiger partial charge in [0.2, 0.25) is 0 Å². The van der Waals surface area contributed by atoms with Gasteiger partial charge in [-0.3, -0.25) is 4.90 Å². The first-order valence-electron chi connectivity index (χ1n) is 4.95. The molecule has 0 saturated carbocycles. The van der Waals surface area contributed by atoms with Crippen molar-refractivity contribution in [2.75, 3.05) is 13.6 Å². The largest absolute Gasteiger partial charge is 0.299 e. The van der Waals surface area contributed by atoms with Crippen LogP contribution in [-0.4, -0.2) is 24.5 Å². The molecule has 0 radical (unpaired) electrons. The molecule has 1 saturated heterocycles. The summed E-state index contributed by atoms with van der Waals surface area (Å²) < 4.78 is 0. The highest BCUT2D eigenvalue weighted by Gasteiger charge is 2.22. The van der Waals surface area contributed by atoms with Crippen molar-refractivity contribution >= 4 is 0 Å². The Labute approximate surface area is 81.4 Å². The first-order valence-corrected chi connectivity index (χ1v) is 4.95. The maximum absolute atomic E-state index is 3.68. The van der Waals surface area contributed by atoms with Crippen LogP contribution in [-0.2, 0) is 0 Å². The minimum Gasteiger partial charge on any atom is -0.299 e. The van der Waals surface area contributed by atoms with E-state index in [9.17, 15) is 0 Å². The fourth-order valence-corrected chi connectivity index (χ4v) is 1.91. The van der Waals surface area contributed by atoms with E-state index in [4.69, 9.17) is 0 Å². The third-order valence-electron chi connectivity index (χ3n) is 2.66. The molecular formula is C12H19N. The summed E-state index contributed by atoms with van der Waals surface area (Å²) in [5.74, 6) is 0. The van der Waals surface area contributed by atoms with E-state index in [1.54, 1.807) is 0 Å². The Hall–Kier alpha value is -0.820. The average molecular weight is 177 g/mol. The Balaban J connectivity index is 2.66. The lowest BCUT2D eigenvalue weighted by Crippen LogP contribution is -2.25. The van der Waals surface area contributed by atoms with Crippen molar-refractivity contribution < 1.29 is 0 Å². The summed E-state index contributed by atoms with van der Waals surface area (Å²) in [6, 6.07) is 0.626. The average Bonchev–Trinajstić information content (AvgIpc) is 2.54. The fourth-order valence-electron chi connectivity index (χ4n) is 1.91. The van der Waals surface area contributed by atoms with Gasteiger partial charge in [-0.25, -0.2) is 0 Å². The summed E-state index contributed by atoms with van der Waals surface area (Å²) in [6.07, 6.45) is 10.8. The van der Waals surface area contributed by atoms with Crippen LogP contribution in [0.1, 0.15) is 19.8 Å². The Morgan fingerprint density at radius 1 is 1.54 bits per heavy atom. The van der Waals surface area contributed by atoms with Crippen LogP contribution in [0.5, 0.6) is 0 Å². The molecule has 13 heavy (non-hydrogen) atoms. The van der Waals surface area contributed by atoms with Crippen LogP contribution in [0, 0.1) is 0 Å². The second-order valence-corrected chi connectivity index (χ2v) is 3.52. The standard InChI is InChI=1S/C12H19N/c1-4-6-8-11(5-2)12-9-7-10-13(12)3/h4-6,8,12H,1,7,9-10H2,2-3H3/b8-6-,11-5+/t12-/m0/s1. The molecule has 0 aliphatic carbocycles. The van der Waals surface area contributed by atoms with Crippen LogP contribution in [0.25, 0.3) is 0 Å². The van der Waals surface area contributed by atoms with Crippen molar-refractivity contribution in [3.05, 3.63) is 36.5 Å². The van der Waals surface area contributed by atoms with Crippen LogP contribution in [0.15, 0.2) is 36.5 Å². The number of allylic oxidation sites excluding steroid dienone is 3. The highest BCUT2D eigenvalue weighted by molar-refractivity contribution is 5.27. The Morgan fingerprint density at radius 3 is 2.77 bits per heavy atom. The van der Waals surface area contributed by atoms with Crippen LogP contribution in [0.4, 0.5) is 0 Å². The zero-order valence-electron chi connectivity index (χ0n) is 8.66. The molecule has 1 heterocycles. The first-order chi connectivity index (χ1) is 6.29. The topological polar surface area (TPSA) is 3.24 Å². The summed E-state index contributed by atoms with van der Waals surface area (Å²) in [7, 11) is 2.20. The van der Waals surface area contributed by atoms with Gasteiger partial charge in [0.15, 0.2) is 0 Å². The molecule has 1 aliphatic rings. The van der Waals surface area contributed by atoms with Crippen molar-refractivity contribution in [1.29, 1.82) is 0 Å². The predicted molar refractivity (Wildman–Crippen MR) is 58.7 cm³/mol. The number of hydrogen-bond donors (Lipinski definition) is 0. The molecule has 0 spiro atoms. The number of hydrogen-bond acceptors (Lipinski definition) is 1. The van der Waals surface area contributed by atoms with Gasteiger partial charge >= 0.3 is 0 Å². The fraction of sp³-hybridized carbons (Fsp3) is 0.500. The Kier molecular flexibility index (Phi) is 3.97. The van der Waals surface area contributed by atoms with Gasteiger partial charge in [-0.05, 0) is 38.9 Å². The summed E-state index contributed by atoms with van der Waals surface area (Å²) >= 11 is 0. The molecule has 0 unspecified atom stereocenters. The van der Waals surface area contributed by atoms with Crippen molar-refractivity contribution in [2.45, 2.75) is 25.8 Å². The number of likely N-dealkylation sites (tertiary alicyclic amines) is 1. The lowest BCUT2D eigenvalue weighted by atomic mass is 10.0. The minimum atomic E-state index is 0.626. The first kappa shape index (κ1) is 10.3. The lowest BCUT2D eigenvalue weighted by Gasteiger charge is -2.20.